The van der Waals surface area contributed by atoms with Gasteiger partial charge in [0.25, 0.3) is 0 Å². The Morgan fingerprint density at radius 3 is 2.31 bits per heavy atom. The second-order valence-corrected chi connectivity index (χ2v) is 9.04. The van der Waals surface area contributed by atoms with Crippen molar-refractivity contribution in [2.45, 2.75) is 13.5 Å². The molecule has 0 saturated heterocycles. The summed E-state index contributed by atoms with van der Waals surface area (Å²) in [7, 11) is 0. The maximum Gasteiger partial charge on any atom is 0.199 e. The molecule has 0 bridgehead atoms. The number of benzene rings is 4. The predicted molar refractivity (Wildman–Crippen MR) is 143 cm³/mol. The van der Waals surface area contributed by atoms with Crippen molar-refractivity contribution in [3.05, 3.63) is 96.0 Å². The minimum atomic E-state index is 0.606. The lowest BCUT2D eigenvalue weighted by Gasteiger charge is -2.10. The number of rotatable bonds is 3. The van der Waals surface area contributed by atoms with Gasteiger partial charge in [0.2, 0.25) is 0 Å². The van der Waals surface area contributed by atoms with Gasteiger partial charge in [-0.3, -0.25) is 4.57 Å². The molecule has 0 aliphatic heterocycles. The fourth-order valence-electron chi connectivity index (χ4n) is 5.04. The number of hydrogen-bond donors (Lipinski definition) is 0. The van der Waals surface area contributed by atoms with Crippen LogP contribution in [-0.2, 0) is 6.54 Å². The van der Waals surface area contributed by atoms with Gasteiger partial charge < -0.3 is 4.57 Å². The molecular formula is C29H20ClN5. The predicted octanol–water partition coefficient (Wildman–Crippen LogP) is 7.42. The van der Waals surface area contributed by atoms with E-state index in [1.54, 1.807) is 0 Å². The Balaban J connectivity index is 1.59. The van der Waals surface area contributed by atoms with Crippen LogP contribution in [0.2, 0.25) is 5.02 Å². The monoisotopic (exact) mass is 473 g/mol. The summed E-state index contributed by atoms with van der Waals surface area (Å²) in [5.74, 6) is 0.761. The van der Waals surface area contributed by atoms with Crippen LogP contribution >= 0.6 is 11.6 Å². The SMILES string of the molecule is CCn1c2ccccc2c2cc(-n3c(-c4cccc(Cl)c4)nc4nc5ccccc5nc43)ccc21. The van der Waals surface area contributed by atoms with Crippen LogP contribution < -0.4 is 0 Å². The van der Waals surface area contributed by atoms with Crippen LogP contribution in [0.1, 0.15) is 6.92 Å². The van der Waals surface area contributed by atoms with Crippen molar-refractivity contribution >= 4 is 55.7 Å². The molecule has 4 aromatic carbocycles. The first-order valence-corrected chi connectivity index (χ1v) is 12.0. The molecule has 0 aliphatic rings. The van der Waals surface area contributed by atoms with Crippen LogP contribution in [0.3, 0.4) is 0 Å². The first-order valence-electron chi connectivity index (χ1n) is 11.6. The van der Waals surface area contributed by atoms with Crippen molar-refractivity contribution in [1.29, 1.82) is 0 Å². The average molecular weight is 474 g/mol. The molecule has 0 atom stereocenters. The van der Waals surface area contributed by atoms with E-state index >= 15 is 0 Å². The lowest BCUT2D eigenvalue weighted by atomic mass is 10.1. The Morgan fingerprint density at radius 1 is 0.714 bits per heavy atom. The van der Waals surface area contributed by atoms with Gasteiger partial charge in [-0.1, -0.05) is 54.1 Å². The van der Waals surface area contributed by atoms with Gasteiger partial charge in [-0.15, -0.1) is 0 Å². The van der Waals surface area contributed by atoms with E-state index in [0.717, 1.165) is 40.3 Å². The molecule has 0 saturated carbocycles. The Kier molecular flexibility index (Phi) is 4.41. The first-order chi connectivity index (χ1) is 17.2. The molecule has 35 heavy (non-hydrogen) atoms. The van der Waals surface area contributed by atoms with Gasteiger partial charge in [0.1, 0.15) is 5.82 Å². The zero-order valence-electron chi connectivity index (χ0n) is 19.0. The first kappa shape index (κ1) is 20.2. The molecule has 0 unspecified atom stereocenters. The molecule has 7 aromatic rings. The number of aryl methyl sites for hydroxylation is 1. The van der Waals surface area contributed by atoms with E-state index in [4.69, 9.17) is 26.6 Å². The summed E-state index contributed by atoms with van der Waals surface area (Å²) in [6, 6.07) is 30.8. The number of halogens is 1. The largest absolute Gasteiger partial charge is 0.341 e. The molecule has 0 fully saturated rings. The van der Waals surface area contributed by atoms with Gasteiger partial charge in [-0.25, -0.2) is 15.0 Å². The Bertz CT molecular complexity index is 1910. The molecule has 0 aliphatic carbocycles. The topological polar surface area (TPSA) is 48.5 Å². The lowest BCUT2D eigenvalue weighted by Crippen LogP contribution is -2.00. The minimum Gasteiger partial charge on any atom is -0.341 e. The molecule has 0 radical (unpaired) electrons. The van der Waals surface area contributed by atoms with Gasteiger partial charge in [0, 0.05) is 38.9 Å². The molecule has 7 rings (SSSR count). The second kappa shape index (κ2) is 7.65. The van der Waals surface area contributed by atoms with Crippen molar-refractivity contribution < 1.29 is 0 Å². The Hall–Kier alpha value is -4.22. The highest BCUT2D eigenvalue weighted by atomic mass is 35.5. The van der Waals surface area contributed by atoms with Crippen molar-refractivity contribution in [1.82, 2.24) is 24.1 Å². The molecule has 168 valence electrons. The fraction of sp³-hybridized carbons (Fsp3) is 0.0690. The average Bonchev–Trinajstić information content (AvgIpc) is 3.42. The number of hydrogen-bond acceptors (Lipinski definition) is 3. The van der Waals surface area contributed by atoms with Gasteiger partial charge in [0.15, 0.2) is 11.3 Å². The lowest BCUT2D eigenvalue weighted by molar-refractivity contribution is 0.827. The Labute approximate surface area is 206 Å². The molecule has 5 nitrogen and oxygen atoms in total. The molecule has 0 amide bonds. The molecule has 3 aromatic heterocycles. The highest BCUT2D eigenvalue weighted by Crippen LogP contribution is 2.34. The summed E-state index contributed by atoms with van der Waals surface area (Å²) in [6.45, 7) is 3.09. The number of nitrogens with zero attached hydrogens (tertiary/aromatic N) is 5. The van der Waals surface area contributed by atoms with Crippen molar-refractivity contribution in [2.24, 2.45) is 0 Å². The van der Waals surface area contributed by atoms with Gasteiger partial charge in [-0.05, 0) is 55.5 Å². The van der Waals surface area contributed by atoms with Gasteiger partial charge >= 0.3 is 0 Å². The van der Waals surface area contributed by atoms with Crippen LogP contribution in [0.5, 0.6) is 0 Å². The van der Waals surface area contributed by atoms with Crippen LogP contribution in [0.4, 0.5) is 0 Å². The van der Waals surface area contributed by atoms with Crippen LogP contribution in [0.25, 0.3) is 61.2 Å². The number of para-hydroxylation sites is 3. The van der Waals surface area contributed by atoms with E-state index in [2.05, 4.69) is 58.5 Å². The van der Waals surface area contributed by atoms with Crippen LogP contribution in [0.15, 0.2) is 91.0 Å². The fourth-order valence-corrected chi connectivity index (χ4v) is 5.23. The standard InChI is InChI=1S/C29H20ClN5/c1-2-34-25-13-6-3-10-21(25)22-17-20(14-15-26(22)34)35-28(18-8-7-9-19(30)16-18)33-27-29(35)32-24-12-5-4-11-23(24)31-27/h3-17H,2H2,1H3. The zero-order valence-corrected chi connectivity index (χ0v) is 19.7. The number of aromatic nitrogens is 5. The van der Waals surface area contributed by atoms with E-state index in [0.29, 0.717) is 10.7 Å². The van der Waals surface area contributed by atoms with Crippen molar-refractivity contribution in [3.63, 3.8) is 0 Å². The minimum absolute atomic E-state index is 0.606. The maximum absolute atomic E-state index is 6.37. The van der Waals surface area contributed by atoms with E-state index in [1.807, 2.05) is 48.5 Å². The van der Waals surface area contributed by atoms with E-state index in [1.165, 1.54) is 21.8 Å². The third kappa shape index (κ3) is 3.05. The highest BCUT2D eigenvalue weighted by Gasteiger charge is 2.19. The van der Waals surface area contributed by atoms with Crippen molar-refractivity contribution in [3.8, 4) is 17.1 Å². The smallest absolute Gasteiger partial charge is 0.199 e. The van der Waals surface area contributed by atoms with E-state index in [9.17, 15) is 0 Å². The van der Waals surface area contributed by atoms with E-state index in [-0.39, 0.29) is 0 Å². The normalized spacial score (nSPS) is 11.8. The summed E-state index contributed by atoms with van der Waals surface area (Å²) in [6.07, 6.45) is 0. The molecule has 0 spiro atoms. The second-order valence-electron chi connectivity index (χ2n) is 8.60. The van der Waals surface area contributed by atoms with Crippen LogP contribution in [0, 0.1) is 0 Å². The number of imidazole rings is 1. The molecule has 6 heteroatoms. The molecule has 0 N–H and O–H groups in total. The zero-order chi connectivity index (χ0) is 23.5. The van der Waals surface area contributed by atoms with E-state index < -0.39 is 0 Å². The maximum atomic E-state index is 6.37. The Morgan fingerprint density at radius 2 is 1.49 bits per heavy atom. The summed E-state index contributed by atoms with van der Waals surface area (Å²) in [4.78, 5) is 14.8. The van der Waals surface area contributed by atoms with Gasteiger partial charge in [-0.2, -0.15) is 0 Å². The third-order valence-electron chi connectivity index (χ3n) is 6.58. The molecular weight excluding hydrogens is 454 g/mol. The number of fused-ring (bicyclic) bond motifs is 5. The van der Waals surface area contributed by atoms with Crippen LogP contribution in [-0.4, -0.2) is 24.1 Å². The van der Waals surface area contributed by atoms with Gasteiger partial charge in [0.05, 0.1) is 16.7 Å². The summed E-state index contributed by atoms with van der Waals surface area (Å²) in [5, 5.41) is 3.10. The summed E-state index contributed by atoms with van der Waals surface area (Å²) in [5.41, 5.74) is 7.33. The summed E-state index contributed by atoms with van der Waals surface area (Å²) >= 11 is 6.37. The third-order valence-corrected chi connectivity index (χ3v) is 6.82. The molecule has 3 heterocycles. The highest BCUT2D eigenvalue weighted by molar-refractivity contribution is 6.30. The van der Waals surface area contributed by atoms with Crippen molar-refractivity contribution in [2.75, 3.05) is 0 Å². The summed E-state index contributed by atoms with van der Waals surface area (Å²) < 4.78 is 4.45. The quantitative estimate of drug-likeness (QED) is 0.268.